The molecule has 0 aliphatic heterocycles. The molecule has 3 aromatic rings. The summed E-state index contributed by atoms with van der Waals surface area (Å²) in [6, 6.07) is 12.5. The van der Waals surface area contributed by atoms with Gasteiger partial charge in [-0.3, -0.25) is 9.36 Å². The summed E-state index contributed by atoms with van der Waals surface area (Å²) in [5.74, 6) is 0.0669. The van der Waals surface area contributed by atoms with Gasteiger partial charge in [-0.25, -0.2) is 14.2 Å². The number of para-hydroxylation sites is 2. The molecule has 7 heteroatoms. The topological polar surface area (TPSA) is 67.2 Å². The second kappa shape index (κ2) is 10.2. The van der Waals surface area contributed by atoms with E-state index in [9.17, 15) is 14.0 Å². The zero-order valence-corrected chi connectivity index (χ0v) is 18.3. The minimum absolute atomic E-state index is 0.105. The molecular formula is C24H29FN4O2. The first-order valence-electron chi connectivity index (χ1n) is 10.8. The lowest BCUT2D eigenvalue weighted by molar-refractivity contribution is 0.179. The van der Waals surface area contributed by atoms with Crippen LogP contribution in [0, 0.1) is 5.82 Å². The number of aromatic nitrogens is 2. The van der Waals surface area contributed by atoms with Crippen molar-refractivity contribution in [2.45, 2.75) is 52.6 Å². The molecule has 2 aromatic carbocycles. The van der Waals surface area contributed by atoms with Crippen molar-refractivity contribution in [1.82, 2.24) is 14.5 Å². The molecule has 0 spiro atoms. The molecule has 164 valence electrons. The number of urea groups is 1. The van der Waals surface area contributed by atoms with Crippen LogP contribution in [0.2, 0.25) is 0 Å². The number of hydrogen-bond donors (Lipinski definition) is 1. The van der Waals surface area contributed by atoms with Crippen LogP contribution in [0.15, 0.2) is 53.3 Å². The molecule has 0 fully saturated rings. The number of anilines is 1. The number of fused-ring (bicyclic) bond motifs is 1. The van der Waals surface area contributed by atoms with Crippen LogP contribution in [-0.2, 0) is 6.54 Å². The van der Waals surface area contributed by atoms with Gasteiger partial charge < -0.3 is 10.2 Å². The second-order valence-electron chi connectivity index (χ2n) is 7.47. The van der Waals surface area contributed by atoms with E-state index >= 15 is 0 Å². The maximum Gasteiger partial charge on any atom is 0.322 e. The van der Waals surface area contributed by atoms with Gasteiger partial charge in [-0.05, 0) is 43.5 Å². The van der Waals surface area contributed by atoms with E-state index < -0.39 is 17.9 Å². The number of carbonyl (C=O) groups excluding carboxylic acids is 1. The molecule has 3 rings (SSSR count). The van der Waals surface area contributed by atoms with Gasteiger partial charge in [0.05, 0.1) is 22.6 Å². The molecule has 0 radical (unpaired) electrons. The standard InChI is InChI=1S/C24H29FN4O2/c1-4-15-28(24(31)27-20-14-10-8-12-18(20)25)21(6-3)22-26-19-13-9-7-11-17(19)23(30)29(22)16-5-2/h7-14,21H,4-6,15-16H2,1-3H3,(H,27,31). The third-order valence-electron chi connectivity index (χ3n) is 5.24. The van der Waals surface area contributed by atoms with Crippen LogP contribution >= 0.6 is 0 Å². The van der Waals surface area contributed by atoms with Crippen LogP contribution in [0.1, 0.15) is 51.9 Å². The maximum absolute atomic E-state index is 14.1. The molecule has 31 heavy (non-hydrogen) atoms. The van der Waals surface area contributed by atoms with Gasteiger partial charge in [0.15, 0.2) is 0 Å². The first-order chi connectivity index (χ1) is 15.0. The molecule has 1 heterocycles. The summed E-state index contributed by atoms with van der Waals surface area (Å²) in [4.78, 5) is 32.8. The van der Waals surface area contributed by atoms with E-state index in [1.54, 1.807) is 27.7 Å². The smallest absolute Gasteiger partial charge is 0.314 e. The Bertz CT molecular complexity index is 1110. The Balaban J connectivity index is 2.07. The summed E-state index contributed by atoms with van der Waals surface area (Å²) in [6.45, 7) is 6.90. The first kappa shape index (κ1) is 22.5. The Morgan fingerprint density at radius 3 is 2.48 bits per heavy atom. The number of carbonyl (C=O) groups is 1. The van der Waals surface area contributed by atoms with Crippen LogP contribution in [0.5, 0.6) is 0 Å². The predicted molar refractivity (Wildman–Crippen MR) is 122 cm³/mol. The summed E-state index contributed by atoms with van der Waals surface area (Å²) >= 11 is 0. The summed E-state index contributed by atoms with van der Waals surface area (Å²) in [7, 11) is 0. The van der Waals surface area contributed by atoms with Crippen molar-refractivity contribution in [1.29, 1.82) is 0 Å². The van der Waals surface area contributed by atoms with Crippen LogP contribution in [0.25, 0.3) is 10.9 Å². The van der Waals surface area contributed by atoms with Crippen molar-refractivity contribution >= 4 is 22.6 Å². The fraction of sp³-hybridized carbons (Fsp3) is 0.375. The Labute approximate surface area is 181 Å². The molecule has 1 unspecified atom stereocenters. The van der Waals surface area contributed by atoms with E-state index in [0.717, 1.165) is 6.42 Å². The van der Waals surface area contributed by atoms with Gasteiger partial charge in [0.1, 0.15) is 11.6 Å². The Kier molecular flexibility index (Phi) is 7.39. The quantitative estimate of drug-likeness (QED) is 0.531. The van der Waals surface area contributed by atoms with Crippen molar-refractivity contribution in [2.75, 3.05) is 11.9 Å². The van der Waals surface area contributed by atoms with Crippen LogP contribution in [0.4, 0.5) is 14.9 Å². The number of nitrogens with one attached hydrogen (secondary N) is 1. The number of hydrogen-bond acceptors (Lipinski definition) is 3. The van der Waals surface area contributed by atoms with Crippen LogP contribution in [-0.4, -0.2) is 27.0 Å². The van der Waals surface area contributed by atoms with Crippen LogP contribution in [0.3, 0.4) is 0 Å². The minimum atomic E-state index is -0.493. The number of benzene rings is 2. The summed E-state index contributed by atoms with van der Waals surface area (Å²) in [5.41, 5.74) is 0.631. The minimum Gasteiger partial charge on any atom is -0.314 e. The molecule has 1 aromatic heterocycles. The molecule has 1 atom stereocenters. The van der Waals surface area contributed by atoms with Gasteiger partial charge in [-0.15, -0.1) is 0 Å². The number of amides is 2. The maximum atomic E-state index is 14.1. The highest BCUT2D eigenvalue weighted by Gasteiger charge is 2.28. The predicted octanol–water partition coefficient (Wildman–Crippen LogP) is 5.34. The van der Waals surface area contributed by atoms with Crippen molar-refractivity contribution in [2.24, 2.45) is 0 Å². The van der Waals surface area contributed by atoms with E-state index in [4.69, 9.17) is 4.98 Å². The molecule has 0 saturated heterocycles. The monoisotopic (exact) mass is 424 g/mol. The van der Waals surface area contributed by atoms with E-state index in [2.05, 4.69) is 5.32 Å². The average Bonchev–Trinajstić information content (AvgIpc) is 2.77. The Morgan fingerprint density at radius 2 is 1.81 bits per heavy atom. The highest BCUT2D eigenvalue weighted by atomic mass is 19.1. The molecule has 1 N–H and O–H groups in total. The van der Waals surface area contributed by atoms with Crippen molar-refractivity contribution < 1.29 is 9.18 Å². The zero-order valence-electron chi connectivity index (χ0n) is 18.3. The van der Waals surface area contributed by atoms with E-state index in [-0.39, 0.29) is 11.2 Å². The van der Waals surface area contributed by atoms with Gasteiger partial charge in [-0.2, -0.15) is 0 Å². The lowest BCUT2D eigenvalue weighted by atomic mass is 10.1. The normalized spacial score (nSPS) is 12.0. The van der Waals surface area contributed by atoms with Crippen molar-refractivity contribution in [3.8, 4) is 0 Å². The SMILES string of the molecule is CCCN(C(=O)Nc1ccccc1F)C(CC)c1nc2ccccc2c(=O)n1CCC. The molecule has 0 aliphatic carbocycles. The average molecular weight is 425 g/mol. The van der Waals surface area contributed by atoms with Gasteiger partial charge in [-0.1, -0.05) is 45.0 Å². The Hall–Kier alpha value is -3.22. The third-order valence-corrected chi connectivity index (χ3v) is 5.24. The highest BCUT2D eigenvalue weighted by Crippen LogP contribution is 2.26. The largest absolute Gasteiger partial charge is 0.322 e. The van der Waals surface area contributed by atoms with E-state index in [1.165, 1.54) is 12.1 Å². The molecule has 0 aliphatic rings. The lowest BCUT2D eigenvalue weighted by Crippen LogP contribution is -2.41. The first-order valence-corrected chi connectivity index (χ1v) is 10.8. The summed E-state index contributed by atoms with van der Waals surface area (Å²) in [5, 5.41) is 3.24. The molecular weight excluding hydrogens is 395 g/mol. The van der Waals surface area contributed by atoms with Crippen LogP contribution < -0.4 is 10.9 Å². The zero-order chi connectivity index (χ0) is 22.4. The van der Waals surface area contributed by atoms with E-state index in [1.807, 2.05) is 39.0 Å². The molecule has 6 nitrogen and oxygen atoms in total. The molecule has 0 saturated carbocycles. The van der Waals surface area contributed by atoms with Gasteiger partial charge in [0.25, 0.3) is 5.56 Å². The van der Waals surface area contributed by atoms with Crippen molar-refractivity contribution in [3.05, 3.63) is 70.5 Å². The summed E-state index contributed by atoms with van der Waals surface area (Å²) in [6.07, 6.45) is 2.05. The number of nitrogens with zero attached hydrogens (tertiary/aromatic N) is 3. The second-order valence-corrected chi connectivity index (χ2v) is 7.47. The van der Waals surface area contributed by atoms with Gasteiger partial charge >= 0.3 is 6.03 Å². The summed E-state index contributed by atoms with van der Waals surface area (Å²) < 4.78 is 15.8. The number of rotatable bonds is 8. The highest BCUT2D eigenvalue weighted by molar-refractivity contribution is 5.89. The number of halogens is 1. The van der Waals surface area contributed by atoms with E-state index in [0.29, 0.717) is 42.7 Å². The molecule has 2 amide bonds. The van der Waals surface area contributed by atoms with Gasteiger partial charge in [0.2, 0.25) is 0 Å². The fourth-order valence-electron chi connectivity index (χ4n) is 3.81. The fourth-order valence-corrected chi connectivity index (χ4v) is 3.81. The third kappa shape index (κ3) is 4.76. The molecule has 0 bridgehead atoms. The van der Waals surface area contributed by atoms with Crippen molar-refractivity contribution in [3.63, 3.8) is 0 Å². The Morgan fingerprint density at radius 1 is 1.10 bits per heavy atom. The lowest BCUT2D eigenvalue weighted by Gasteiger charge is -2.32. The van der Waals surface area contributed by atoms with Gasteiger partial charge in [0, 0.05) is 13.1 Å².